The molecule has 0 saturated carbocycles. The van der Waals surface area contributed by atoms with E-state index in [0.717, 1.165) is 0 Å². The number of para-hydroxylation sites is 6. The van der Waals surface area contributed by atoms with Gasteiger partial charge in [-0.1, -0.05) is 133 Å². The van der Waals surface area contributed by atoms with Gasteiger partial charge >= 0.3 is 0 Å². The Morgan fingerprint density at radius 2 is 0.667 bits per heavy atom. The first-order valence-electron chi connectivity index (χ1n) is 21.0. The van der Waals surface area contributed by atoms with Crippen LogP contribution in [0.25, 0.3) is 55.0 Å². The van der Waals surface area contributed by atoms with Crippen molar-refractivity contribution in [2.75, 3.05) is 9.80 Å². The Kier molecular flexibility index (Phi) is 5.78. The Labute approximate surface area is 346 Å². The number of nitrogens with zero attached hydrogens (tertiary/aromatic N) is 4. The van der Waals surface area contributed by atoms with Crippen LogP contribution in [0.4, 0.5) is 34.1 Å². The van der Waals surface area contributed by atoms with Gasteiger partial charge in [0.1, 0.15) is 0 Å². The van der Waals surface area contributed by atoms with E-state index in [1.165, 1.54) is 122 Å². The Hall–Kier alpha value is -7.69. The maximum Gasteiger partial charge on any atom is 0.252 e. The lowest BCUT2D eigenvalue weighted by Crippen LogP contribution is -2.60. The maximum absolute atomic E-state index is 2.64. The summed E-state index contributed by atoms with van der Waals surface area (Å²) in [4.78, 5) is 4.96. The average molecular weight is 759 g/mol. The van der Waals surface area contributed by atoms with Gasteiger partial charge in [-0.15, -0.1) is 0 Å². The molecule has 0 saturated heterocycles. The number of benzene rings is 9. The highest BCUT2D eigenvalue weighted by atomic mass is 15.2. The Bertz CT molecular complexity index is 3700. The predicted molar refractivity (Wildman–Crippen MR) is 254 cm³/mol. The summed E-state index contributed by atoms with van der Waals surface area (Å²) in [7, 11) is 0. The van der Waals surface area contributed by atoms with E-state index in [1.54, 1.807) is 0 Å². The number of anilines is 6. The molecular weight excluding hydrogens is 726 g/mol. The third-order valence-corrected chi connectivity index (χ3v) is 14.1. The summed E-state index contributed by atoms with van der Waals surface area (Å²) >= 11 is 0. The molecule has 0 aliphatic carbocycles. The van der Waals surface area contributed by atoms with Crippen molar-refractivity contribution in [2.45, 2.75) is 0 Å². The summed E-state index contributed by atoms with van der Waals surface area (Å²) in [5.41, 5.74) is 23.1. The monoisotopic (exact) mass is 758 g/mol. The highest BCUT2D eigenvalue weighted by Crippen LogP contribution is 2.47. The Morgan fingerprint density at radius 1 is 0.250 bits per heavy atom. The first kappa shape index (κ1) is 31.3. The summed E-state index contributed by atoms with van der Waals surface area (Å²) in [6.45, 7) is 0.205. The van der Waals surface area contributed by atoms with E-state index in [9.17, 15) is 0 Å². The van der Waals surface area contributed by atoms with Gasteiger partial charge in [0.25, 0.3) is 13.4 Å². The molecule has 0 N–H and O–H groups in total. The maximum atomic E-state index is 2.64. The van der Waals surface area contributed by atoms with Crippen LogP contribution >= 0.6 is 0 Å². The van der Waals surface area contributed by atoms with Crippen LogP contribution in [0.5, 0.6) is 0 Å². The standard InChI is InChI=1S/C54H32B2N4/c1-3-15-33(16-4-1)57-44-25-11-8-21-40(44)56-42-23-13-19-35-37-29-30-38-36-31-32-48-50-52(36)59(53(38)54(37)60(51(35)42)47-28-14-27-46(57)49(47)56)45-26-12-9-22-41(45)55(50)39-20-7-10-24-43(39)58(48)34-17-5-2-6-18-34/h1-32H. The summed E-state index contributed by atoms with van der Waals surface area (Å²) < 4.78 is 5.29. The van der Waals surface area contributed by atoms with Gasteiger partial charge in [-0.2, -0.15) is 0 Å². The zero-order valence-electron chi connectivity index (χ0n) is 32.4. The van der Waals surface area contributed by atoms with E-state index in [0.29, 0.717) is 0 Å². The summed E-state index contributed by atoms with van der Waals surface area (Å²) in [5.74, 6) is 0. The highest BCUT2D eigenvalue weighted by molar-refractivity contribution is 7.01. The van der Waals surface area contributed by atoms with Crippen LogP contribution in [0.3, 0.4) is 0 Å². The summed E-state index contributed by atoms with van der Waals surface area (Å²) in [6.07, 6.45) is 0. The molecule has 6 heterocycles. The van der Waals surface area contributed by atoms with Crippen molar-refractivity contribution >= 4 is 124 Å². The van der Waals surface area contributed by atoms with Crippen LogP contribution in [0.15, 0.2) is 194 Å². The van der Waals surface area contributed by atoms with Crippen LogP contribution in [-0.4, -0.2) is 22.6 Å². The lowest BCUT2D eigenvalue weighted by molar-refractivity contribution is 1.15. The molecule has 2 aromatic heterocycles. The summed E-state index contributed by atoms with van der Waals surface area (Å²) in [6, 6.07) is 72.6. The number of hydrogen-bond donors (Lipinski definition) is 0. The van der Waals surface area contributed by atoms with Crippen molar-refractivity contribution in [3.05, 3.63) is 194 Å². The van der Waals surface area contributed by atoms with Gasteiger partial charge in [-0.3, -0.25) is 0 Å². The molecule has 0 fully saturated rings. The smallest absolute Gasteiger partial charge is 0.252 e. The second-order valence-electron chi connectivity index (χ2n) is 16.8. The topological polar surface area (TPSA) is 16.3 Å². The lowest BCUT2D eigenvalue weighted by Gasteiger charge is -2.40. The van der Waals surface area contributed by atoms with E-state index in [2.05, 4.69) is 213 Å². The van der Waals surface area contributed by atoms with Crippen molar-refractivity contribution in [1.82, 2.24) is 9.13 Å². The van der Waals surface area contributed by atoms with E-state index in [-0.39, 0.29) is 13.4 Å². The number of aromatic nitrogens is 2. The molecule has 0 unspecified atom stereocenters. The van der Waals surface area contributed by atoms with Crippen LogP contribution in [-0.2, 0) is 0 Å². The van der Waals surface area contributed by atoms with Crippen molar-refractivity contribution in [3.63, 3.8) is 0 Å². The quantitative estimate of drug-likeness (QED) is 0.164. The normalized spacial score (nSPS) is 13.9. The highest BCUT2D eigenvalue weighted by Gasteiger charge is 2.44. The molecule has 4 nitrogen and oxygen atoms in total. The van der Waals surface area contributed by atoms with Gasteiger partial charge < -0.3 is 18.9 Å². The second kappa shape index (κ2) is 11.1. The minimum Gasteiger partial charge on any atom is -0.311 e. The van der Waals surface area contributed by atoms with E-state index in [1.807, 2.05) is 0 Å². The van der Waals surface area contributed by atoms with E-state index < -0.39 is 0 Å². The van der Waals surface area contributed by atoms with E-state index >= 15 is 0 Å². The predicted octanol–water partition coefficient (Wildman–Crippen LogP) is 9.11. The van der Waals surface area contributed by atoms with E-state index in [4.69, 9.17) is 0 Å². The molecule has 60 heavy (non-hydrogen) atoms. The fourth-order valence-electron chi connectivity index (χ4n) is 11.9. The first-order chi connectivity index (χ1) is 29.8. The number of fused-ring (bicyclic) bond motifs is 16. The zero-order chi connectivity index (χ0) is 38.8. The molecule has 274 valence electrons. The third kappa shape index (κ3) is 3.64. The molecule has 0 amide bonds. The van der Waals surface area contributed by atoms with Crippen LogP contribution in [0, 0.1) is 0 Å². The molecule has 9 aromatic carbocycles. The van der Waals surface area contributed by atoms with Crippen molar-refractivity contribution < 1.29 is 0 Å². The van der Waals surface area contributed by atoms with Crippen LogP contribution in [0.1, 0.15) is 0 Å². The molecule has 0 atom stereocenters. The SMILES string of the molecule is c1ccc(N2c3ccccc3B3c4c2cccc4-n2c4c3cccc4c3ccc4c5ccc6c7c5n(c4c32)-c2ccccc2B7c2ccccc2N6c2ccccc2)cc1. The number of rotatable bonds is 2. The van der Waals surface area contributed by atoms with Gasteiger partial charge in [0.15, 0.2) is 0 Å². The van der Waals surface area contributed by atoms with Gasteiger partial charge in [0.2, 0.25) is 0 Å². The molecule has 0 bridgehead atoms. The van der Waals surface area contributed by atoms with Crippen LogP contribution in [0.2, 0.25) is 0 Å². The second-order valence-corrected chi connectivity index (χ2v) is 16.8. The third-order valence-electron chi connectivity index (χ3n) is 14.1. The zero-order valence-corrected chi connectivity index (χ0v) is 32.4. The van der Waals surface area contributed by atoms with Gasteiger partial charge in [-0.05, 0) is 93.4 Å². The fourth-order valence-corrected chi connectivity index (χ4v) is 11.9. The largest absolute Gasteiger partial charge is 0.311 e. The van der Waals surface area contributed by atoms with Crippen molar-refractivity contribution in [2.24, 2.45) is 0 Å². The van der Waals surface area contributed by atoms with Crippen molar-refractivity contribution in [1.29, 1.82) is 0 Å². The number of hydrogen-bond acceptors (Lipinski definition) is 2. The molecule has 4 aliphatic rings. The molecule has 6 heteroatoms. The van der Waals surface area contributed by atoms with Gasteiger partial charge in [0.05, 0.1) is 16.6 Å². The van der Waals surface area contributed by atoms with Gasteiger partial charge in [-0.25, -0.2) is 0 Å². The molecular formula is C54H32B2N4. The van der Waals surface area contributed by atoms with Gasteiger partial charge in [0, 0.05) is 72.6 Å². The molecule has 0 radical (unpaired) electrons. The molecule has 15 rings (SSSR count). The minimum absolute atomic E-state index is 0.102. The molecule has 4 aliphatic heterocycles. The Morgan fingerprint density at radius 3 is 1.32 bits per heavy atom. The van der Waals surface area contributed by atoms with Crippen LogP contribution < -0.4 is 42.6 Å². The Balaban J connectivity index is 1.12. The molecule has 11 aromatic rings. The average Bonchev–Trinajstić information content (AvgIpc) is 3.84. The first-order valence-corrected chi connectivity index (χ1v) is 21.0. The minimum atomic E-state index is 0.102. The summed E-state index contributed by atoms with van der Waals surface area (Å²) in [5, 5.41) is 5.16. The molecule has 0 spiro atoms. The lowest BCUT2D eigenvalue weighted by atomic mass is 9.34. The fraction of sp³-hybridized carbons (Fsp3) is 0. The van der Waals surface area contributed by atoms with Crippen molar-refractivity contribution in [3.8, 4) is 11.4 Å².